The van der Waals surface area contributed by atoms with Crippen molar-refractivity contribution in [3.63, 3.8) is 0 Å². The lowest BCUT2D eigenvalue weighted by Gasteiger charge is -2.00. The van der Waals surface area contributed by atoms with E-state index in [1.807, 2.05) is 0 Å². The number of hydrogen-bond donors (Lipinski definition) is 0. The summed E-state index contributed by atoms with van der Waals surface area (Å²) in [6, 6.07) is 0. The van der Waals surface area contributed by atoms with E-state index in [0.717, 1.165) is 0 Å². The Labute approximate surface area is 91.5 Å². The van der Waals surface area contributed by atoms with E-state index in [-0.39, 0.29) is 0 Å². The van der Waals surface area contributed by atoms with Crippen LogP contribution in [0, 0.1) is 0 Å². The van der Waals surface area contributed by atoms with Gasteiger partial charge in [0.25, 0.3) is 0 Å². The van der Waals surface area contributed by atoms with Crippen LogP contribution in [0.1, 0.15) is 26.2 Å². The van der Waals surface area contributed by atoms with Crippen molar-refractivity contribution >= 4 is 11.8 Å². The second-order valence-corrected chi connectivity index (χ2v) is 4.25. The molecule has 0 amide bonds. The molecule has 0 nitrogen and oxygen atoms in total. The van der Waals surface area contributed by atoms with Crippen LogP contribution in [0.4, 0.5) is 0 Å². The van der Waals surface area contributed by atoms with Crippen molar-refractivity contribution in [2.75, 3.05) is 6.26 Å². The standard InChI is InChI=1S/C13H18S/c1-4-13(14-3)10-9-11(2)12-7-5-6-8-12/h4,7,9-10H,2,5-6,8H2,1,3H3/b10-9-,13-4+. The van der Waals surface area contributed by atoms with Gasteiger partial charge in [-0.05, 0) is 49.7 Å². The van der Waals surface area contributed by atoms with E-state index in [9.17, 15) is 0 Å². The minimum absolute atomic E-state index is 1.18. The number of hydrogen-bond acceptors (Lipinski definition) is 1. The van der Waals surface area contributed by atoms with Crippen LogP contribution in [0.15, 0.2) is 46.9 Å². The van der Waals surface area contributed by atoms with Gasteiger partial charge in [-0.2, -0.15) is 0 Å². The SMILES string of the molecule is C=C(/C=C\C(=C/C)SC)C1=CCCC1. The van der Waals surface area contributed by atoms with Crippen LogP contribution in [0.2, 0.25) is 0 Å². The first-order valence-corrected chi connectivity index (χ1v) is 6.27. The Kier molecular flexibility index (Phi) is 4.81. The van der Waals surface area contributed by atoms with Crippen LogP contribution in [0.25, 0.3) is 0 Å². The van der Waals surface area contributed by atoms with Crippen LogP contribution in [0.3, 0.4) is 0 Å². The average Bonchev–Trinajstić information content (AvgIpc) is 2.72. The van der Waals surface area contributed by atoms with Crippen LogP contribution in [-0.2, 0) is 0 Å². The molecule has 0 saturated heterocycles. The van der Waals surface area contributed by atoms with Gasteiger partial charge < -0.3 is 0 Å². The minimum Gasteiger partial charge on any atom is -0.130 e. The Morgan fingerprint density at radius 2 is 2.29 bits per heavy atom. The highest BCUT2D eigenvalue weighted by molar-refractivity contribution is 8.02. The Hall–Kier alpha value is -0.690. The molecule has 0 saturated carbocycles. The molecule has 0 aromatic heterocycles. The van der Waals surface area contributed by atoms with Crippen molar-refractivity contribution in [3.8, 4) is 0 Å². The van der Waals surface area contributed by atoms with Crippen LogP contribution in [-0.4, -0.2) is 6.26 Å². The molecule has 0 spiro atoms. The van der Waals surface area contributed by atoms with E-state index in [2.05, 4.69) is 44.1 Å². The zero-order chi connectivity index (χ0) is 10.4. The second kappa shape index (κ2) is 5.92. The number of thioether (sulfide) groups is 1. The van der Waals surface area contributed by atoms with E-state index in [1.54, 1.807) is 11.8 Å². The number of rotatable bonds is 4. The summed E-state index contributed by atoms with van der Waals surface area (Å²) in [4.78, 5) is 1.30. The fourth-order valence-corrected chi connectivity index (χ4v) is 1.97. The summed E-state index contributed by atoms with van der Waals surface area (Å²) in [6.45, 7) is 6.15. The zero-order valence-corrected chi connectivity index (χ0v) is 9.86. The fraction of sp³-hybridized carbons (Fsp3) is 0.385. The molecule has 0 heterocycles. The summed E-state index contributed by atoms with van der Waals surface area (Å²) in [5, 5.41) is 0. The second-order valence-electron chi connectivity index (χ2n) is 3.38. The average molecular weight is 206 g/mol. The summed E-state index contributed by atoms with van der Waals surface area (Å²) < 4.78 is 0. The molecule has 0 aliphatic heterocycles. The molecule has 1 aliphatic carbocycles. The maximum absolute atomic E-state index is 4.09. The van der Waals surface area contributed by atoms with Crippen LogP contribution >= 0.6 is 11.8 Å². The largest absolute Gasteiger partial charge is 0.130 e. The maximum atomic E-state index is 4.09. The van der Waals surface area contributed by atoms with Crippen molar-refractivity contribution in [3.05, 3.63) is 46.9 Å². The fourth-order valence-electron chi connectivity index (χ4n) is 1.53. The molecule has 0 aromatic carbocycles. The van der Waals surface area contributed by atoms with Crippen molar-refractivity contribution in [2.24, 2.45) is 0 Å². The molecule has 76 valence electrons. The molecule has 0 radical (unpaired) electrons. The van der Waals surface area contributed by atoms with Gasteiger partial charge >= 0.3 is 0 Å². The molecule has 1 heteroatoms. The van der Waals surface area contributed by atoms with Gasteiger partial charge in [-0.3, -0.25) is 0 Å². The normalized spacial score (nSPS) is 17.6. The molecule has 14 heavy (non-hydrogen) atoms. The Morgan fingerprint density at radius 1 is 1.50 bits per heavy atom. The van der Waals surface area contributed by atoms with Gasteiger partial charge in [0.2, 0.25) is 0 Å². The summed E-state index contributed by atoms with van der Waals surface area (Å²) in [5.41, 5.74) is 2.61. The lowest BCUT2D eigenvalue weighted by molar-refractivity contribution is 0.913. The van der Waals surface area contributed by atoms with Crippen molar-refractivity contribution in [2.45, 2.75) is 26.2 Å². The molecule has 0 unspecified atom stereocenters. The summed E-state index contributed by atoms with van der Waals surface area (Å²) >= 11 is 1.77. The molecular formula is C13H18S. The molecule has 0 fully saturated rings. The molecule has 1 aliphatic rings. The van der Waals surface area contributed by atoms with Gasteiger partial charge in [0.1, 0.15) is 0 Å². The molecular weight excluding hydrogens is 188 g/mol. The highest BCUT2D eigenvalue weighted by Gasteiger charge is 2.05. The summed E-state index contributed by atoms with van der Waals surface area (Å²) in [7, 11) is 0. The van der Waals surface area contributed by atoms with Crippen molar-refractivity contribution in [1.82, 2.24) is 0 Å². The van der Waals surface area contributed by atoms with E-state index in [4.69, 9.17) is 0 Å². The zero-order valence-electron chi connectivity index (χ0n) is 9.05. The van der Waals surface area contributed by atoms with E-state index in [0.29, 0.717) is 0 Å². The Balaban J connectivity index is 2.55. The van der Waals surface area contributed by atoms with Gasteiger partial charge in [0.15, 0.2) is 0 Å². The lowest BCUT2D eigenvalue weighted by Crippen LogP contribution is -1.80. The van der Waals surface area contributed by atoms with Gasteiger partial charge in [-0.25, -0.2) is 0 Å². The highest BCUT2D eigenvalue weighted by atomic mass is 32.2. The van der Waals surface area contributed by atoms with Gasteiger partial charge in [-0.15, -0.1) is 11.8 Å². The minimum atomic E-state index is 1.18. The highest BCUT2D eigenvalue weighted by Crippen LogP contribution is 2.25. The maximum Gasteiger partial charge on any atom is 0.00266 e. The van der Waals surface area contributed by atoms with E-state index < -0.39 is 0 Å². The van der Waals surface area contributed by atoms with Gasteiger partial charge in [0, 0.05) is 4.91 Å². The monoisotopic (exact) mass is 206 g/mol. The quantitative estimate of drug-likeness (QED) is 0.611. The van der Waals surface area contributed by atoms with Crippen LogP contribution < -0.4 is 0 Å². The van der Waals surface area contributed by atoms with E-state index >= 15 is 0 Å². The Morgan fingerprint density at radius 3 is 2.79 bits per heavy atom. The predicted octanol–water partition coefficient (Wildman–Crippen LogP) is 4.48. The first-order valence-electron chi connectivity index (χ1n) is 5.04. The summed E-state index contributed by atoms with van der Waals surface area (Å²) in [6.07, 6.45) is 14.5. The first-order chi connectivity index (χ1) is 6.77. The third-order valence-electron chi connectivity index (χ3n) is 2.42. The van der Waals surface area contributed by atoms with Crippen molar-refractivity contribution < 1.29 is 0 Å². The topological polar surface area (TPSA) is 0 Å². The lowest BCUT2D eigenvalue weighted by atomic mass is 10.1. The molecule has 0 atom stereocenters. The van der Waals surface area contributed by atoms with Gasteiger partial charge in [0.05, 0.1) is 0 Å². The van der Waals surface area contributed by atoms with E-state index in [1.165, 1.54) is 35.3 Å². The molecule has 0 N–H and O–H groups in total. The predicted molar refractivity (Wildman–Crippen MR) is 67.5 cm³/mol. The first kappa shape index (κ1) is 11.4. The number of allylic oxidation sites excluding steroid dienone is 6. The van der Waals surface area contributed by atoms with Crippen molar-refractivity contribution in [1.29, 1.82) is 0 Å². The third-order valence-corrected chi connectivity index (χ3v) is 3.27. The molecule has 0 aromatic rings. The molecule has 0 bridgehead atoms. The third kappa shape index (κ3) is 3.22. The van der Waals surface area contributed by atoms with Crippen LogP contribution in [0.5, 0.6) is 0 Å². The molecule has 1 rings (SSSR count). The smallest absolute Gasteiger partial charge is 0.00266 e. The van der Waals surface area contributed by atoms with Gasteiger partial charge in [-0.1, -0.05) is 24.8 Å². The Bertz CT molecular complexity index is 292. The summed E-state index contributed by atoms with van der Waals surface area (Å²) in [5.74, 6) is 0.